The first-order valence-electron chi connectivity index (χ1n) is 8.94. The molecule has 0 radical (unpaired) electrons. The maximum atomic E-state index is 12.4. The third-order valence-electron chi connectivity index (χ3n) is 4.76. The highest BCUT2D eigenvalue weighted by molar-refractivity contribution is 7.89. The van der Waals surface area contributed by atoms with Gasteiger partial charge in [0.25, 0.3) is 15.9 Å². The Morgan fingerprint density at radius 3 is 2.50 bits per heavy atom. The summed E-state index contributed by atoms with van der Waals surface area (Å²) in [4.78, 5) is 28.6. The largest absolute Gasteiger partial charge is 0.452 e. The zero-order chi connectivity index (χ0) is 20.9. The summed E-state index contributed by atoms with van der Waals surface area (Å²) in [6.07, 6.45) is 3.93. The molecule has 1 aromatic rings. The summed E-state index contributed by atoms with van der Waals surface area (Å²) in [5.74, 6) is -0.534. The van der Waals surface area contributed by atoms with E-state index in [1.807, 2.05) is 0 Å². The van der Waals surface area contributed by atoms with Crippen molar-refractivity contribution in [2.24, 2.45) is 5.92 Å². The lowest BCUT2D eigenvalue weighted by molar-refractivity contribution is -0.125. The molecule has 10 heteroatoms. The molecule has 1 amide bonds. The minimum Gasteiger partial charge on any atom is -0.452 e. The Morgan fingerprint density at radius 1 is 1.25 bits per heavy atom. The molecule has 2 rings (SSSR count). The molecule has 1 N–H and O–H groups in total. The molecule has 0 aliphatic heterocycles. The van der Waals surface area contributed by atoms with Crippen LogP contribution in [0.1, 0.15) is 43.0 Å². The second-order valence-corrected chi connectivity index (χ2v) is 9.15. The Labute approximate surface area is 170 Å². The van der Waals surface area contributed by atoms with Crippen LogP contribution in [0.2, 0.25) is 5.02 Å². The monoisotopic (exact) mass is 432 g/mol. The van der Waals surface area contributed by atoms with Gasteiger partial charge < -0.3 is 10.1 Å². The Kier molecular flexibility index (Phi) is 7.82. The SMILES string of the molecule is CON(C)S(=O)(=O)c1cc(C(=O)OCC(=O)NC2CCC(C)CC2)ccc1Cl. The van der Waals surface area contributed by atoms with Gasteiger partial charge in [0.15, 0.2) is 6.61 Å². The molecule has 1 fully saturated rings. The lowest BCUT2D eigenvalue weighted by Gasteiger charge is -2.26. The number of hydrogen-bond donors (Lipinski definition) is 1. The molecule has 156 valence electrons. The molecule has 0 atom stereocenters. The number of esters is 1. The van der Waals surface area contributed by atoms with E-state index in [2.05, 4.69) is 12.2 Å². The number of sulfonamides is 1. The highest BCUT2D eigenvalue weighted by atomic mass is 35.5. The Balaban J connectivity index is 1.99. The zero-order valence-electron chi connectivity index (χ0n) is 16.1. The van der Waals surface area contributed by atoms with Crippen LogP contribution in [0.3, 0.4) is 0 Å². The lowest BCUT2D eigenvalue weighted by atomic mass is 9.87. The second-order valence-electron chi connectivity index (χ2n) is 6.84. The van der Waals surface area contributed by atoms with Crippen molar-refractivity contribution in [2.45, 2.75) is 43.5 Å². The number of nitrogens with zero attached hydrogens (tertiary/aromatic N) is 1. The van der Waals surface area contributed by atoms with Crippen molar-refractivity contribution in [3.05, 3.63) is 28.8 Å². The van der Waals surface area contributed by atoms with Gasteiger partial charge in [-0.25, -0.2) is 13.2 Å². The zero-order valence-corrected chi connectivity index (χ0v) is 17.7. The van der Waals surface area contributed by atoms with Crippen molar-refractivity contribution < 1.29 is 27.6 Å². The van der Waals surface area contributed by atoms with Crippen molar-refractivity contribution in [3.63, 3.8) is 0 Å². The number of halogens is 1. The van der Waals surface area contributed by atoms with E-state index in [4.69, 9.17) is 21.2 Å². The molecule has 1 aliphatic rings. The predicted molar refractivity (Wildman–Crippen MR) is 103 cm³/mol. The molecule has 1 aromatic carbocycles. The third-order valence-corrected chi connectivity index (χ3v) is 6.92. The van der Waals surface area contributed by atoms with E-state index in [9.17, 15) is 18.0 Å². The van der Waals surface area contributed by atoms with Gasteiger partial charge in [0.2, 0.25) is 0 Å². The molecule has 1 aliphatic carbocycles. The first-order chi connectivity index (χ1) is 13.1. The van der Waals surface area contributed by atoms with Gasteiger partial charge in [-0.1, -0.05) is 23.0 Å². The van der Waals surface area contributed by atoms with E-state index in [1.54, 1.807) is 0 Å². The Hall–Kier alpha value is -1.68. The van der Waals surface area contributed by atoms with Crippen molar-refractivity contribution >= 4 is 33.5 Å². The molecule has 0 unspecified atom stereocenters. The molecule has 0 spiro atoms. The molecule has 0 aromatic heterocycles. The third kappa shape index (κ3) is 5.66. The molecule has 0 heterocycles. The minimum atomic E-state index is -4.04. The summed E-state index contributed by atoms with van der Waals surface area (Å²) < 4.78 is 30.4. The first kappa shape index (κ1) is 22.6. The van der Waals surface area contributed by atoms with Gasteiger partial charge in [0.05, 0.1) is 17.7 Å². The Bertz CT molecular complexity index is 821. The van der Waals surface area contributed by atoms with Gasteiger partial charge in [-0.15, -0.1) is 0 Å². The van der Waals surface area contributed by atoms with E-state index in [1.165, 1.54) is 26.3 Å². The fraction of sp³-hybridized carbons (Fsp3) is 0.556. The number of amides is 1. The maximum absolute atomic E-state index is 12.4. The van der Waals surface area contributed by atoms with Crippen LogP contribution in [-0.4, -0.2) is 51.6 Å². The summed E-state index contributed by atoms with van der Waals surface area (Å²) in [6.45, 7) is 1.75. The van der Waals surface area contributed by atoms with Crippen LogP contribution in [-0.2, 0) is 24.4 Å². The molecular weight excluding hydrogens is 408 g/mol. The fourth-order valence-electron chi connectivity index (χ4n) is 2.95. The van der Waals surface area contributed by atoms with Gasteiger partial charge in [-0.2, -0.15) is 0 Å². The number of carbonyl (C=O) groups excluding carboxylic acids is 2. The van der Waals surface area contributed by atoms with E-state index in [0.29, 0.717) is 10.4 Å². The number of nitrogens with one attached hydrogen (secondary N) is 1. The van der Waals surface area contributed by atoms with Gasteiger partial charge in [0.1, 0.15) is 4.90 Å². The van der Waals surface area contributed by atoms with E-state index < -0.39 is 22.6 Å². The maximum Gasteiger partial charge on any atom is 0.338 e. The average molecular weight is 433 g/mol. The summed E-state index contributed by atoms with van der Waals surface area (Å²) in [6, 6.07) is 3.80. The number of benzene rings is 1. The quantitative estimate of drug-likeness (QED) is 0.524. The normalized spacial score (nSPS) is 20.0. The predicted octanol–water partition coefficient (Wildman–Crippen LogP) is 2.37. The Morgan fingerprint density at radius 2 is 1.89 bits per heavy atom. The van der Waals surface area contributed by atoms with Gasteiger partial charge >= 0.3 is 5.97 Å². The summed E-state index contributed by atoms with van der Waals surface area (Å²) in [5.41, 5.74) is -0.0354. The van der Waals surface area contributed by atoms with E-state index >= 15 is 0 Å². The van der Waals surface area contributed by atoms with Crippen LogP contribution in [0.5, 0.6) is 0 Å². The number of carbonyl (C=O) groups is 2. The topological polar surface area (TPSA) is 102 Å². The van der Waals surface area contributed by atoms with E-state index in [-0.39, 0.29) is 27.4 Å². The van der Waals surface area contributed by atoms with Gasteiger partial charge in [-0.05, 0) is 49.8 Å². The molecule has 8 nitrogen and oxygen atoms in total. The van der Waals surface area contributed by atoms with Crippen molar-refractivity contribution in [1.82, 2.24) is 9.79 Å². The smallest absolute Gasteiger partial charge is 0.338 e. The van der Waals surface area contributed by atoms with E-state index in [0.717, 1.165) is 31.7 Å². The van der Waals surface area contributed by atoms with Crippen LogP contribution in [0.15, 0.2) is 23.1 Å². The van der Waals surface area contributed by atoms with Gasteiger partial charge in [-0.3, -0.25) is 9.63 Å². The number of rotatable bonds is 7. The number of hydroxylamine groups is 1. The highest BCUT2D eigenvalue weighted by Gasteiger charge is 2.26. The molecule has 28 heavy (non-hydrogen) atoms. The van der Waals surface area contributed by atoms with Crippen LogP contribution >= 0.6 is 11.6 Å². The van der Waals surface area contributed by atoms with Crippen LogP contribution in [0.4, 0.5) is 0 Å². The number of ether oxygens (including phenoxy) is 1. The first-order valence-corrected chi connectivity index (χ1v) is 10.8. The summed E-state index contributed by atoms with van der Waals surface area (Å²) >= 11 is 5.96. The fourth-order valence-corrected chi connectivity index (χ4v) is 4.43. The number of hydrogen-bond acceptors (Lipinski definition) is 6. The molecular formula is C18H25ClN2O6S. The van der Waals surface area contributed by atoms with Crippen molar-refractivity contribution in [3.8, 4) is 0 Å². The molecule has 0 saturated heterocycles. The van der Waals surface area contributed by atoms with Gasteiger partial charge in [0, 0.05) is 13.1 Å². The summed E-state index contributed by atoms with van der Waals surface area (Å²) in [7, 11) is -1.65. The molecule has 0 bridgehead atoms. The standard InChI is InChI=1S/C18H25ClN2O6S/c1-12-4-7-14(8-5-12)20-17(22)11-27-18(23)13-6-9-15(19)16(10-13)28(24,25)21(2)26-3/h6,9-10,12,14H,4-5,7-8,11H2,1-3H3,(H,20,22). The van der Waals surface area contributed by atoms with Crippen LogP contribution < -0.4 is 5.32 Å². The summed E-state index contributed by atoms with van der Waals surface area (Å²) in [5, 5.41) is 2.79. The van der Waals surface area contributed by atoms with Crippen LogP contribution in [0.25, 0.3) is 0 Å². The van der Waals surface area contributed by atoms with Crippen molar-refractivity contribution in [1.29, 1.82) is 0 Å². The van der Waals surface area contributed by atoms with Crippen molar-refractivity contribution in [2.75, 3.05) is 20.8 Å². The second kappa shape index (κ2) is 9.69. The highest BCUT2D eigenvalue weighted by Crippen LogP contribution is 2.26. The average Bonchev–Trinajstić information content (AvgIpc) is 2.67. The minimum absolute atomic E-state index is 0.0354. The van der Waals surface area contributed by atoms with Crippen LogP contribution in [0, 0.1) is 5.92 Å². The lowest BCUT2D eigenvalue weighted by Crippen LogP contribution is -2.39. The molecule has 1 saturated carbocycles.